The summed E-state index contributed by atoms with van der Waals surface area (Å²) in [6.45, 7) is 0.399. The van der Waals surface area contributed by atoms with Crippen molar-refractivity contribution in [2.75, 3.05) is 17.2 Å². The second-order valence-electron chi connectivity index (χ2n) is 4.46. The Morgan fingerprint density at radius 3 is 3.14 bits per heavy atom. The molecule has 109 valence electrons. The second kappa shape index (κ2) is 6.43. The van der Waals surface area contributed by atoms with Crippen LogP contribution in [0.15, 0.2) is 24.3 Å². The molecule has 1 aromatic heterocycles. The van der Waals surface area contributed by atoms with Crippen molar-refractivity contribution in [3.63, 3.8) is 0 Å². The van der Waals surface area contributed by atoms with Crippen LogP contribution in [0.25, 0.3) is 0 Å². The van der Waals surface area contributed by atoms with Crippen LogP contribution in [0.4, 0.5) is 17.3 Å². The maximum absolute atomic E-state index is 8.73. The minimum atomic E-state index is -0.153. The lowest BCUT2D eigenvalue weighted by Gasteiger charge is -2.07. The van der Waals surface area contributed by atoms with Gasteiger partial charge in [0.15, 0.2) is 5.82 Å². The Labute approximate surface area is 132 Å². The first-order chi connectivity index (χ1) is 10.8. The van der Waals surface area contributed by atoms with Crippen LogP contribution >= 0.6 is 11.6 Å². The number of fused-ring (bicyclic) bond motifs is 1. The summed E-state index contributed by atoms with van der Waals surface area (Å²) in [6, 6.07) is 7.73. The zero-order valence-corrected chi connectivity index (χ0v) is 12.2. The molecule has 0 fully saturated rings. The molecule has 1 aliphatic rings. The molecular weight excluding hydrogens is 302 g/mol. The highest BCUT2D eigenvalue weighted by atomic mass is 35.5. The molecule has 0 amide bonds. The molecule has 6 nitrogen and oxygen atoms in total. The molecule has 0 spiro atoms. The molecule has 22 heavy (non-hydrogen) atoms. The highest BCUT2D eigenvalue weighted by molar-refractivity contribution is 6.28. The Morgan fingerprint density at radius 1 is 1.36 bits per heavy atom. The Kier molecular flexibility index (Phi) is 4.19. The van der Waals surface area contributed by atoms with E-state index in [0.29, 0.717) is 23.9 Å². The first-order valence-electron chi connectivity index (χ1n) is 6.55. The van der Waals surface area contributed by atoms with Gasteiger partial charge in [-0.3, -0.25) is 5.32 Å². The molecule has 0 aliphatic carbocycles. The van der Waals surface area contributed by atoms with Gasteiger partial charge in [0.2, 0.25) is 12.0 Å². The number of halogens is 1. The van der Waals surface area contributed by atoms with Crippen molar-refractivity contribution in [3.8, 4) is 11.8 Å². The summed E-state index contributed by atoms with van der Waals surface area (Å²) >= 11 is 5.89. The normalized spacial score (nSPS) is 11.4. The van der Waals surface area contributed by atoms with Crippen molar-refractivity contribution in [3.05, 3.63) is 40.7 Å². The predicted octanol–water partition coefficient (Wildman–Crippen LogP) is 1.51. The number of aliphatic hydroxyl groups excluding tert-OH is 1. The molecule has 0 unspecified atom stereocenters. The third-order valence-corrected chi connectivity index (χ3v) is 3.13. The molecule has 3 N–H and O–H groups in total. The monoisotopic (exact) mass is 313 g/mol. The maximum atomic E-state index is 8.73. The fourth-order valence-electron chi connectivity index (χ4n) is 2.02. The van der Waals surface area contributed by atoms with Crippen molar-refractivity contribution >= 4 is 35.3 Å². The zero-order chi connectivity index (χ0) is 15.4. The Hall–Kier alpha value is -2.62. The quantitative estimate of drug-likeness (QED) is 0.591. The minimum absolute atomic E-state index is 0.143. The molecule has 2 aromatic rings. The Morgan fingerprint density at radius 2 is 2.27 bits per heavy atom. The van der Waals surface area contributed by atoms with Crippen LogP contribution in [0.3, 0.4) is 0 Å². The van der Waals surface area contributed by atoms with Gasteiger partial charge in [0, 0.05) is 12.1 Å². The number of aliphatic imine (C=N–C) groups is 1. The summed E-state index contributed by atoms with van der Waals surface area (Å²) in [7, 11) is 0. The van der Waals surface area contributed by atoms with Crippen LogP contribution in [-0.4, -0.2) is 28.0 Å². The van der Waals surface area contributed by atoms with Crippen molar-refractivity contribution in [1.82, 2.24) is 15.0 Å². The molecule has 3 rings (SSSR count). The van der Waals surface area contributed by atoms with Crippen LogP contribution in [0.2, 0.25) is 5.28 Å². The van der Waals surface area contributed by atoms with Gasteiger partial charge in [-0.2, -0.15) is 4.98 Å². The fourth-order valence-corrected chi connectivity index (χ4v) is 2.19. The van der Waals surface area contributed by atoms with E-state index in [2.05, 4.69) is 37.4 Å². The molecule has 2 heterocycles. The smallest absolute Gasteiger partial charge is 0.342 e. The van der Waals surface area contributed by atoms with Gasteiger partial charge < -0.3 is 10.4 Å². The van der Waals surface area contributed by atoms with Crippen LogP contribution in [-0.2, 0) is 6.54 Å². The zero-order valence-electron chi connectivity index (χ0n) is 11.5. The number of nitrogens with one attached hydrogen (secondary N) is 2. The highest BCUT2D eigenvalue weighted by Crippen LogP contribution is 2.30. The highest BCUT2D eigenvalue weighted by Gasteiger charge is 2.24. The molecule has 0 saturated heterocycles. The van der Waals surface area contributed by atoms with Crippen LogP contribution in [0.5, 0.6) is 0 Å². The van der Waals surface area contributed by atoms with Gasteiger partial charge in [-0.1, -0.05) is 33.9 Å². The Balaban J connectivity index is 1.76. The lowest BCUT2D eigenvalue weighted by molar-refractivity contribution is 0.350. The van der Waals surface area contributed by atoms with Gasteiger partial charge in [-0.25, -0.2) is 0 Å². The van der Waals surface area contributed by atoms with Crippen LogP contribution in [0.1, 0.15) is 11.1 Å². The van der Waals surface area contributed by atoms with Crippen LogP contribution in [0, 0.1) is 11.8 Å². The standard InChI is InChI=1S/C15H12ClN5O/c16-15-20-13(12-14(21-15)19-9-18-12)17-8-11-4-1-3-10(7-11)5-2-6-22/h1,3-4,7,9,18,22H,6,8H2,(H,17,20,21)/q+1. The SMILES string of the molecule is OCC#Cc1cccc(CNc2nc(Cl)nc3c2NC=[N+]3)c1. The molecule has 1 aliphatic heterocycles. The molecule has 0 atom stereocenters. The van der Waals surface area contributed by atoms with Gasteiger partial charge >= 0.3 is 11.1 Å². The molecule has 1 radical (unpaired) electrons. The number of aromatic nitrogens is 2. The first-order valence-corrected chi connectivity index (χ1v) is 6.93. The number of benzene rings is 1. The van der Waals surface area contributed by atoms with E-state index in [1.807, 2.05) is 24.3 Å². The van der Waals surface area contributed by atoms with Crippen LogP contribution < -0.4 is 15.6 Å². The lowest BCUT2D eigenvalue weighted by Crippen LogP contribution is -2.05. The first kappa shape index (κ1) is 14.3. The van der Waals surface area contributed by atoms with E-state index in [4.69, 9.17) is 16.7 Å². The predicted molar refractivity (Wildman–Crippen MR) is 86.3 cm³/mol. The fraction of sp³-hybridized carbons (Fsp3) is 0.133. The molecule has 0 bridgehead atoms. The Bertz CT molecular complexity index is 794. The van der Waals surface area contributed by atoms with Crippen molar-refractivity contribution in [2.24, 2.45) is 0 Å². The molecule has 0 saturated carbocycles. The van der Waals surface area contributed by atoms with E-state index in [1.54, 1.807) is 6.34 Å². The van der Waals surface area contributed by atoms with E-state index < -0.39 is 0 Å². The number of nitrogens with zero attached hydrogens (tertiary/aromatic N) is 3. The molecular formula is C15H12ClN5O+. The van der Waals surface area contributed by atoms with E-state index in [1.165, 1.54) is 0 Å². The van der Waals surface area contributed by atoms with E-state index in [0.717, 1.165) is 11.1 Å². The van der Waals surface area contributed by atoms with E-state index in [9.17, 15) is 0 Å². The number of aliphatic hydroxyl groups is 1. The second-order valence-corrected chi connectivity index (χ2v) is 4.79. The molecule has 7 heteroatoms. The van der Waals surface area contributed by atoms with E-state index >= 15 is 0 Å². The average molecular weight is 314 g/mol. The maximum Gasteiger partial charge on any atom is 0.342 e. The minimum Gasteiger partial charge on any atom is -0.384 e. The summed E-state index contributed by atoms with van der Waals surface area (Å²) in [5.74, 6) is 6.62. The summed E-state index contributed by atoms with van der Waals surface area (Å²) in [6.07, 6.45) is 1.55. The number of anilines is 2. The third-order valence-electron chi connectivity index (χ3n) is 2.96. The van der Waals surface area contributed by atoms with Gasteiger partial charge in [-0.15, -0.1) is 0 Å². The number of rotatable bonds is 3. The van der Waals surface area contributed by atoms with Gasteiger partial charge in [-0.05, 0) is 29.3 Å². The van der Waals surface area contributed by atoms with E-state index in [-0.39, 0.29) is 11.9 Å². The van der Waals surface area contributed by atoms with Crippen molar-refractivity contribution in [2.45, 2.75) is 6.54 Å². The largest absolute Gasteiger partial charge is 0.384 e. The summed E-state index contributed by atoms with van der Waals surface area (Å²) < 4.78 is 0. The summed E-state index contributed by atoms with van der Waals surface area (Å²) in [5.41, 5.74) is 2.59. The average Bonchev–Trinajstić information content (AvgIpc) is 2.99. The van der Waals surface area contributed by atoms with Crippen molar-refractivity contribution < 1.29 is 5.11 Å². The summed E-state index contributed by atoms with van der Waals surface area (Å²) in [4.78, 5) is 12.3. The number of hydrogen-bond acceptors (Lipinski definition) is 6. The lowest BCUT2D eigenvalue weighted by atomic mass is 10.1. The van der Waals surface area contributed by atoms with Gasteiger partial charge in [0.1, 0.15) is 6.61 Å². The summed E-state index contributed by atoms with van der Waals surface area (Å²) in [5, 5.41) is 15.1. The molecule has 1 aromatic carbocycles. The van der Waals surface area contributed by atoms with Gasteiger partial charge in [0.05, 0.1) is 0 Å². The van der Waals surface area contributed by atoms with Crippen molar-refractivity contribution in [1.29, 1.82) is 0 Å². The van der Waals surface area contributed by atoms with Gasteiger partial charge in [0.25, 0.3) is 0 Å². The number of hydrogen-bond donors (Lipinski definition) is 3. The topological polar surface area (TPSA) is 84.2 Å². The third kappa shape index (κ3) is 3.17.